The van der Waals surface area contributed by atoms with Gasteiger partial charge in [-0.1, -0.05) is 30.3 Å². The Morgan fingerprint density at radius 1 is 0.909 bits per heavy atom. The SMILES string of the molecule is O=C(O)/C=C\C(=O)Nc1ccc2c(c1)C(=O)c1ccccc1-2. The van der Waals surface area contributed by atoms with Gasteiger partial charge in [0.05, 0.1) is 0 Å². The highest BCUT2D eigenvalue weighted by Gasteiger charge is 2.26. The first-order valence-corrected chi connectivity index (χ1v) is 6.56. The summed E-state index contributed by atoms with van der Waals surface area (Å²) in [6, 6.07) is 12.4. The third-order valence-corrected chi connectivity index (χ3v) is 3.37. The maximum Gasteiger partial charge on any atom is 0.328 e. The number of carbonyl (C=O) groups is 3. The molecule has 2 aromatic rings. The Balaban J connectivity index is 1.89. The molecule has 0 atom stereocenters. The van der Waals surface area contributed by atoms with Crippen LogP contribution in [0.2, 0.25) is 0 Å². The third kappa shape index (κ3) is 2.40. The highest BCUT2D eigenvalue weighted by Crippen LogP contribution is 2.37. The summed E-state index contributed by atoms with van der Waals surface area (Å²) >= 11 is 0. The minimum absolute atomic E-state index is 0.0808. The van der Waals surface area contributed by atoms with Crippen LogP contribution in [0.4, 0.5) is 5.69 Å². The van der Waals surface area contributed by atoms with Gasteiger partial charge in [0.25, 0.3) is 0 Å². The standard InChI is InChI=1S/C17H11NO4/c19-15(7-8-16(20)21)18-10-5-6-12-11-3-1-2-4-13(11)17(22)14(12)9-10/h1-9H,(H,18,19)(H,20,21)/b8-7-. The monoisotopic (exact) mass is 293 g/mol. The fraction of sp³-hybridized carbons (Fsp3) is 0. The number of carboxylic acid groups (broad SMARTS) is 1. The first-order chi connectivity index (χ1) is 10.6. The van der Waals surface area contributed by atoms with E-state index in [1.807, 2.05) is 18.2 Å². The van der Waals surface area contributed by atoms with Crippen molar-refractivity contribution in [2.75, 3.05) is 5.32 Å². The summed E-state index contributed by atoms with van der Waals surface area (Å²) in [6.07, 6.45) is 1.68. The molecule has 1 amide bonds. The van der Waals surface area contributed by atoms with E-state index in [9.17, 15) is 14.4 Å². The topological polar surface area (TPSA) is 83.5 Å². The minimum atomic E-state index is -1.20. The Morgan fingerprint density at radius 2 is 1.59 bits per heavy atom. The molecule has 2 aromatic carbocycles. The number of hydrogen-bond donors (Lipinski definition) is 2. The van der Waals surface area contributed by atoms with E-state index in [0.717, 1.165) is 23.3 Å². The summed E-state index contributed by atoms with van der Waals surface area (Å²) in [7, 11) is 0. The van der Waals surface area contributed by atoms with Gasteiger partial charge in [-0.15, -0.1) is 0 Å². The average molecular weight is 293 g/mol. The Hall–Kier alpha value is -3.21. The molecule has 0 radical (unpaired) electrons. The number of fused-ring (bicyclic) bond motifs is 3. The molecule has 22 heavy (non-hydrogen) atoms. The van der Waals surface area contributed by atoms with E-state index < -0.39 is 11.9 Å². The van der Waals surface area contributed by atoms with Crippen LogP contribution in [0.25, 0.3) is 11.1 Å². The van der Waals surface area contributed by atoms with E-state index in [0.29, 0.717) is 16.8 Å². The third-order valence-electron chi connectivity index (χ3n) is 3.37. The number of carbonyl (C=O) groups excluding carboxylic acids is 2. The second kappa shape index (κ2) is 5.29. The lowest BCUT2D eigenvalue weighted by Gasteiger charge is -2.05. The molecule has 5 heteroatoms. The molecular formula is C17H11NO4. The number of aliphatic carboxylic acids is 1. The molecule has 0 saturated carbocycles. The lowest BCUT2D eigenvalue weighted by Crippen LogP contribution is -2.09. The van der Waals surface area contributed by atoms with Crippen molar-refractivity contribution in [2.45, 2.75) is 0 Å². The maximum atomic E-state index is 12.3. The molecule has 0 aromatic heterocycles. The summed E-state index contributed by atoms with van der Waals surface area (Å²) < 4.78 is 0. The van der Waals surface area contributed by atoms with E-state index in [1.165, 1.54) is 0 Å². The number of ketones is 1. The van der Waals surface area contributed by atoms with Crippen molar-refractivity contribution in [1.82, 2.24) is 0 Å². The molecule has 0 aliphatic heterocycles. The molecule has 0 saturated heterocycles. The molecule has 0 spiro atoms. The molecular weight excluding hydrogens is 282 g/mol. The molecule has 1 aliphatic carbocycles. The largest absolute Gasteiger partial charge is 0.478 e. The zero-order chi connectivity index (χ0) is 15.7. The summed E-state index contributed by atoms with van der Waals surface area (Å²) in [5.41, 5.74) is 3.33. The van der Waals surface area contributed by atoms with Crippen molar-refractivity contribution >= 4 is 23.3 Å². The second-order valence-corrected chi connectivity index (χ2v) is 4.80. The van der Waals surface area contributed by atoms with Crippen molar-refractivity contribution < 1.29 is 19.5 Å². The molecule has 1 aliphatic rings. The normalized spacial score (nSPS) is 12.1. The van der Waals surface area contributed by atoms with Gasteiger partial charge in [0.2, 0.25) is 5.91 Å². The first-order valence-electron chi connectivity index (χ1n) is 6.56. The Labute approximate surface area is 125 Å². The van der Waals surface area contributed by atoms with Gasteiger partial charge in [-0.2, -0.15) is 0 Å². The Bertz CT molecular complexity index is 836. The zero-order valence-electron chi connectivity index (χ0n) is 11.4. The molecule has 0 fully saturated rings. The second-order valence-electron chi connectivity index (χ2n) is 4.80. The highest BCUT2D eigenvalue weighted by molar-refractivity contribution is 6.22. The fourth-order valence-corrected chi connectivity index (χ4v) is 2.44. The molecule has 2 N–H and O–H groups in total. The van der Waals surface area contributed by atoms with Crippen molar-refractivity contribution in [2.24, 2.45) is 0 Å². The fourth-order valence-electron chi connectivity index (χ4n) is 2.44. The molecule has 108 valence electrons. The number of hydrogen-bond acceptors (Lipinski definition) is 3. The van der Waals surface area contributed by atoms with Crippen molar-refractivity contribution in [1.29, 1.82) is 0 Å². The summed E-state index contributed by atoms with van der Waals surface area (Å²) in [4.78, 5) is 34.3. The van der Waals surface area contributed by atoms with Gasteiger partial charge in [-0.3, -0.25) is 9.59 Å². The minimum Gasteiger partial charge on any atom is -0.478 e. The van der Waals surface area contributed by atoms with E-state index in [4.69, 9.17) is 5.11 Å². The van der Waals surface area contributed by atoms with Crippen molar-refractivity contribution in [3.05, 3.63) is 65.7 Å². The predicted octanol–water partition coefficient (Wildman–Crippen LogP) is 2.48. The molecule has 3 rings (SSSR count). The Kier molecular flexibility index (Phi) is 3.31. The molecule has 0 unspecified atom stereocenters. The number of carboxylic acids is 1. The predicted molar refractivity (Wildman–Crippen MR) is 80.7 cm³/mol. The van der Waals surface area contributed by atoms with Crippen LogP contribution in [0.3, 0.4) is 0 Å². The number of anilines is 1. The quantitative estimate of drug-likeness (QED) is 0.727. The van der Waals surface area contributed by atoms with Gasteiger partial charge >= 0.3 is 5.97 Å². The van der Waals surface area contributed by atoms with Gasteiger partial charge < -0.3 is 10.4 Å². The van der Waals surface area contributed by atoms with Gasteiger partial charge in [0.15, 0.2) is 5.78 Å². The van der Waals surface area contributed by atoms with Crippen LogP contribution in [-0.4, -0.2) is 22.8 Å². The summed E-state index contributed by atoms with van der Waals surface area (Å²) in [5.74, 6) is -1.84. The zero-order valence-corrected chi connectivity index (χ0v) is 11.4. The van der Waals surface area contributed by atoms with E-state index in [2.05, 4.69) is 5.32 Å². The van der Waals surface area contributed by atoms with Crippen LogP contribution in [0.15, 0.2) is 54.6 Å². The van der Waals surface area contributed by atoms with Crippen molar-refractivity contribution in [3.63, 3.8) is 0 Å². The number of rotatable bonds is 3. The molecule has 0 bridgehead atoms. The van der Waals surface area contributed by atoms with Crippen LogP contribution in [0.1, 0.15) is 15.9 Å². The van der Waals surface area contributed by atoms with Gasteiger partial charge in [-0.05, 0) is 23.3 Å². The van der Waals surface area contributed by atoms with Gasteiger partial charge in [0, 0.05) is 29.0 Å². The number of benzene rings is 2. The van der Waals surface area contributed by atoms with Gasteiger partial charge in [-0.25, -0.2) is 4.79 Å². The van der Waals surface area contributed by atoms with E-state index >= 15 is 0 Å². The van der Waals surface area contributed by atoms with Crippen LogP contribution in [0.5, 0.6) is 0 Å². The van der Waals surface area contributed by atoms with Crippen LogP contribution in [-0.2, 0) is 9.59 Å². The summed E-state index contributed by atoms with van der Waals surface area (Å²) in [6.45, 7) is 0. The highest BCUT2D eigenvalue weighted by atomic mass is 16.4. The van der Waals surface area contributed by atoms with Gasteiger partial charge in [0.1, 0.15) is 0 Å². The Morgan fingerprint density at radius 3 is 2.32 bits per heavy atom. The van der Waals surface area contributed by atoms with Crippen molar-refractivity contribution in [3.8, 4) is 11.1 Å². The van der Waals surface area contributed by atoms with Crippen LogP contribution in [0, 0.1) is 0 Å². The average Bonchev–Trinajstić information content (AvgIpc) is 2.79. The lowest BCUT2D eigenvalue weighted by molar-refractivity contribution is -0.131. The lowest BCUT2D eigenvalue weighted by atomic mass is 10.1. The molecule has 5 nitrogen and oxygen atoms in total. The maximum absolute atomic E-state index is 12.3. The first kappa shape index (κ1) is 13.8. The van der Waals surface area contributed by atoms with Crippen LogP contribution >= 0.6 is 0 Å². The van der Waals surface area contributed by atoms with E-state index in [1.54, 1.807) is 24.3 Å². The smallest absolute Gasteiger partial charge is 0.328 e. The van der Waals surface area contributed by atoms with E-state index in [-0.39, 0.29) is 5.78 Å². The molecule has 0 heterocycles. The number of amides is 1. The number of nitrogens with one attached hydrogen (secondary N) is 1. The summed E-state index contributed by atoms with van der Waals surface area (Å²) in [5, 5.41) is 11.0. The van der Waals surface area contributed by atoms with Crippen LogP contribution < -0.4 is 5.32 Å².